The van der Waals surface area contributed by atoms with Crippen LogP contribution < -0.4 is 0 Å². The molecule has 3 aromatic heterocycles. The molecule has 5 heteroatoms. The van der Waals surface area contributed by atoms with Crippen LogP contribution in [0.3, 0.4) is 0 Å². The third-order valence-corrected chi connectivity index (χ3v) is 5.04. The Morgan fingerprint density at radius 1 is 1.10 bits per heavy atom. The van der Waals surface area contributed by atoms with Crippen LogP contribution >= 0.6 is 11.8 Å². The SMILES string of the molecule is c1ccc(-c2nc3cccnc3n2C2CCCSC2)nc1. The standard InChI is InChI=1S/C16H16N4S/c1-2-8-17-13(6-1)16-19-14-7-3-9-18-15(14)20(16)12-5-4-10-21-11-12/h1-3,6-9,12H,4-5,10-11H2. The van der Waals surface area contributed by atoms with E-state index in [4.69, 9.17) is 4.98 Å². The molecule has 1 aliphatic rings. The van der Waals surface area contributed by atoms with Gasteiger partial charge in [-0.2, -0.15) is 11.8 Å². The predicted molar refractivity (Wildman–Crippen MR) is 86.4 cm³/mol. The average Bonchev–Trinajstić information content (AvgIpc) is 2.96. The Kier molecular flexibility index (Phi) is 3.35. The van der Waals surface area contributed by atoms with E-state index in [1.54, 1.807) is 0 Å². The van der Waals surface area contributed by atoms with Crippen LogP contribution in [0.15, 0.2) is 42.7 Å². The fourth-order valence-electron chi connectivity index (χ4n) is 2.88. The van der Waals surface area contributed by atoms with Gasteiger partial charge in [-0.1, -0.05) is 6.07 Å². The summed E-state index contributed by atoms with van der Waals surface area (Å²) in [7, 11) is 0. The Balaban J connectivity index is 1.92. The van der Waals surface area contributed by atoms with Gasteiger partial charge in [0.25, 0.3) is 0 Å². The van der Waals surface area contributed by atoms with Crippen molar-refractivity contribution in [2.75, 3.05) is 11.5 Å². The monoisotopic (exact) mass is 296 g/mol. The summed E-state index contributed by atoms with van der Waals surface area (Å²) in [6.45, 7) is 0. The first kappa shape index (κ1) is 12.8. The van der Waals surface area contributed by atoms with E-state index < -0.39 is 0 Å². The number of aromatic nitrogens is 4. The number of imidazole rings is 1. The van der Waals surface area contributed by atoms with Gasteiger partial charge in [-0.3, -0.25) is 4.98 Å². The molecule has 1 aliphatic heterocycles. The lowest BCUT2D eigenvalue weighted by molar-refractivity contribution is 0.512. The summed E-state index contributed by atoms with van der Waals surface area (Å²) < 4.78 is 2.30. The van der Waals surface area contributed by atoms with Crippen molar-refractivity contribution in [2.45, 2.75) is 18.9 Å². The predicted octanol–water partition coefficient (Wildman–Crippen LogP) is 3.56. The number of hydrogen-bond acceptors (Lipinski definition) is 4. The number of nitrogens with zero attached hydrogens (tertiary/aromatic N) is 4. The molecule has 0 aliphatic carbocycles. The highest BCUT2D eigenvalue weighted by Gasteiger charge is 2.23. The lowest BCUT2D eigenvalue weighted by atomic mass is 10.1. The van der Waals surface area contributed by atoms with Gasteiger partial charge >= 0.3 is 0 Å². The first-order chi connectivity index (χ1) is 10.4. The van der Waals surface area contributed by atoms with Crippen molar-refractivity contribution in [1.82, 2.24) is 19.5 Å². The summed E-state index contributed by atoms with van der Waals surface area (Å²) in [5.74, 6) is 3.33. The Labute approximate surface area is 127 Å². The molecule has 0 N–H and O–H groups in total. The summed E-state index contributed by atoms with van der Waals surface area (Å²) in [4.78, 5) is 13.8. The van der Waals surface area contributed by atoms with Crippen LogP contribution in [0.25, 0.3) is 22.7 Å². The van der Waals surface area contributed by atoms with Crippen LogP contribution in [-0.4, -0.2) is 31.0 Å². The zero-order valence-corrected chi connectivity index (χ0v) is 12.5. The van der Waals surface area contributed by atoms with Gasteiger partial charge in [-0.15, -0.1) is 0 Å². The Bertz CT molecular complexity index is 747. The third kappa shape index (κ3) is 2.31. The molecule has 0 amide bonds. The highest BCUT2D eigenvalue weighted by atomic mass is 32.2. The van der Waals surface area contributed by atoms with Crippen molar-refractivity contribution >= 4 is 22.9 Å². The zero-order chi connectivity index (χ0) is 14.1. The van der Waals surface area contributed by atoms with Crippen LogP contribution in [0, 0.1) is 0 Å². The van der Waals surface area contributed by atoms with E-state index >= 15 is 0 Å². The number of fused-ring (bicyclic) bond motifs is 1. The first-order valence-corrected chi connectivity index (χ1v) is 8.41. The number of thioether (sulfide) groups is 1. The van der Waals surface area contributed by atoms with Gasteiger partial charge in [-0.25, -0.2) is 9.97 Å². The average molecular weight is 296 g/mol. The highest BCUT2D eigenvalue weighted by Crippen LogP contribution is 2.33. The number of pyridine rings is 2. The molecule has 106 valence electrons. The maximum atomic E-state index is 4.79. The van der Waals surface area contributed by atoms with E-state index in [9.17, 15) is 0 Å². The Morgan fingerprint density at radius 3 is 2.86 bits per heavy atom. The van der Waals surface area contributed by atoms with Gasteiger partial charge in [0, 0.05) is 24.2 Å². The molecule has 1 fully saturated rings. The van der Waals surface area contributed by atoms with Crippen molar-refractivity contribution in [3.05, 3.63) is 42.7 Å². The molecule has 4 rings (SSSR count). The van der Waals surface area contributed by atoms with Crippen LogP contribution in [0.1, 0.15) is 18.9 Å². The highest BCUT2D eigenvalue weighted by molar-refractivity contribution is 7.99. The summed E-state index contributed by atoms with van der Waals surface area (Å²) >= 11 is 2.02. The normalized spacial score (nSPS) is 19.0. The molecular weight excluding hydrogens is 280 g/mol. The second-order valence-corrected chi connectivity index (χ2v) is 6.39. The Morgan fingerprint density at radius 2 is 2.05 bits per heavy atom. The van der Waals surface area contributed by atoms with Crippen molar-refractivity contribution in [2.24, 2.45) is 0 Å². The minimum absolute atomic E-state index is 0.459. The summed E-state index contributed by atoms with van der Waals surface area (Å²) in [6.07, 6.45) is 6.11. The smallest absolute Gasteiger partial charge is 0.161 e. The van der Waals surface area contributed by atoms with Gasteiger partial charge < -0.3 is 4.57 Å². The van der Waals surface area contributed by atoms with Crippen molar-refractivity contribution in [3.8, 4) is 11.5 Å². The van der Waals surface area contributed by atoms with E-state index in [-0.39, 0.29) is 0 Å². The molecule has 1 atom stereocenters. The number of rotatable bonds is 2. The van der Waals surface area contributed by atoms with Crippen LogP contribution in [0.5, 0.6) is 0 Å². The second kappa shape index (κ2) is 5.48. The molecule has 0 aromatic carbocycles. The molecule has 1 saturated heterocycles. The lowest BCUT2D eigenvalue weighted by Crippen LogP contribution is -2.17. The fraction of sp³-hybridized carbons (Fsp3) is 0.312. The molecule has 4 heterocycles. The molecular formula is C16H16N4S. The van der Waals surface area contributed by atoms with Crippen LogP contribution in [0.2, 0.25) is 0 Å². The quantitative estimate of drug-likeness (QED) is 0.725. The molecule has 0 saturated carbocycles. The van der Waals surface area contributed by atoms with Crippen molar-refractivity contribution in [3.63, 3.8) is 0 Å². The van der Waals surface area contributed by atoms with Gasteiger partial charge in [0.05, 0.1) is 0 Å². The minimum Gasteiger partial charge on any atom is -0.303 e. The van der Waals surface area contributed by atoms with Crippen molar-refractivity contribution < 1.29 is 0 Å². The lowest BCUT2D eigenvalue weighted by Gasteiger charge is -2.24. The van der Waals surface area contributed by atoms with E-state index in [1.807, 2.05) is 54.5 Å². The molecule has 21 heavy (non-hydrogen) atoms. The van der Waals surface area contributed by atoms with E-state index in [0.29, 0.717) is 6.04 Å². The van der Waals surface area contributed by atoms with E-state index in [0.717, 1.165) is 28.4 Å². The molecule has 0 radical (unpaired) electrons. The van der Waals surface area contributed by atoms with Gasteiger partial charge in [-0.05, 0) is 42.9 Å². The Hall–Kier alpha value is -1.88. The van der Waals surface area contributed by atoms with E-state index in [1.165, 1.54) is 18.6 Å². The molecule has 3 aromatic rings. The number of hydrogen-bond donors (Lipinski definition) is 0. The van der Waals surface area contributed by atoms with Crippen molar-refractivity contribution in [1.29, 1.82) is 0 Å². The van der Waals surface area contributed by atoms with Crippen LogP contribution in [-0.2, 0) is 0 Å². The largest absolute Gasteiger partial charge is 0.303 e. The first-order valence-electron chi connectivity index (χ1n) is 7.25. The fourth-order valence-corrected chi connectivity index (χ4v) is 4.00. The molecule has 1 unspecified atom stereocenters. The maximum Gasteiger partial charge on any atom is 0.161 e. The molecule has 4 nitrogen and oxygen atoms in total. The maximum absolute atomic E-state index is 4.79. The van der Waals surface area contributed by atoms with Gasteiger partial charge in [0.2, 0.25) is 0 Å². The van der Waals surface area contributed by atoms with Crippen LogP contribution in [0.4, 0.5) is 0 Å². The second-order valence-electron chi connectivity index (χ2n) is 5.24. The summed E-state index contributed by atoms with van der Waals surface area (Å²) in [5.41, 5.74) is 2.85. The summed E-state index contributed by atoms with van der Waals surface area (Å²) in [5, 5.41) is 0. The molecule has 0 spiro atoms. The minimum atomic E-state index is 0.459. The molecule has 0 bridgehead atoms. The third-order valence-electron chi connectivity index (χ3n) is 3.84. The van der Waals surface area contributed by atoms with E-state index in [2.05, 4.69) is 14.5 Å². The summed E-state index contributed by atoms with van der Waals surface area (Å²) in [6, 6.07) is 10.4. The van der Waals surface area contributed by atoms with Gasteiger partial charge in [0.1, 0.15) is 11.2 Å². The zero-order valence-electron chi connectivity index (χ0n) is 11.6. The topological polar surface area (TPSA) is 43.6 Å². The van der Waals surface area contributed by atoms with Gasteiger partial charge in [0.15, 0.2) is 11.5 Å².